The number of halogens is 6. The molecular weight excluding hydrogens is 238 g/mol. The lowest BCUT2D eigenvalue weighted by Crippen LogP contribution is -2.17. The topological polar surface area (TPSA) is 36.7 Å². The van der Waals surface area contributed by atoms with Crippen LogP contribution in [0.4, 0.5) is 26.3 Å². The third kappa shape index (κ3) is 2.08. The summed E-state index contributed by atoms with van der Waals surface area (Å²) in [6.07, 6.45) is -6.34. The number of nitriles is 1. The van der Waals surface area contributed by atoms with Crippen LogP contribution in [-0.4, -0.2) is 4.98 Å². The van der Waals surface area contributed by atoms with Crippen LogP contribution in [0.1, 0.15) is 11.1 Å². The first-order valence-electron chi connectivity index (χ1n) is 3.76. The van der Waals surface area contributed by atoms with Gasteiger partial charge in [-0.2, -0.15) is 32.2 Å². The molecule has 1 heterocycles. The Bertz CT molecular complexity index is 459. The van der Waals surface area contributed by atoms with E-state index in [1.54, 1.807) is 0 Å². The Balaban J connectivity index is 3.59. The van der Waals surface area contributed by atoms with E-state index in [2.05, 4.69) is 4.98 Å². The highest BCUT2D eigenvalue weighted by molar-refractivity contribution is 5.31. The van der Waals surface area contributed by atoms with E-state index in [1.807, 2.05) is 0 Å². The van der Waals surface area contributed by atoms with E-state index in [9.17, 15) is 26.3 Å². The van der Waals surface area contributed by atoms with Gasteiger partial charge in [0.25, 0.3) is 5.95 Å². The van der Waals surface area contributed by atoms with Crippen molar-refractivity contribution in [2.75, 3.05) is 0 Å². The highest BCUT2D eigenvalue weighted by Crippen LogP contribution is 2.35. The van der Waals surface area contributed by atoms with E-state index in [4.69, 9.17) is 5.26 Å². The van der Waals surface area contributed by atoms with Gasteiger partial charge >= 0.3 is 6.18 Å². The largest absolute Gasteiger partial charge is 0.421 e. The van der Waals surface area contributed by atoms with Gasteiger partial charge in [0.2, 0.25) is 5.95 Å². The third-order valence-corrected chi connectivity index (χ3v) is 1.69. The summed E-state index contributed by atoms with van der Waals surface area (Å²) in [7, 11) is 0. The molecule has 0 fully saturated rings. The Morgan fingerprint density at radius 2 is 1.69 bits per heavy atom. The maximum atomic E-state index is 12.9. The van der Waals surface area contributed by atoms with Crippen molar-refractivity contribution in [2.24, 2.45) is 0 Å². The predicted molar refractivity (Wildman–Crippen MR) is 38.4 cm³/mol. The summed E-state index contributed by atoms with van der Waals surface area (Å²) < 4.78 is 75.0. The predicted octanol–water partition coefficient (Wildman–Crippen LogP) is 2.58. The fourth-order valence-corrected chi connectivity index (χ4v) is 1.08. The number of alkyl halides is 3. The number of hydrogen-bond donors (Lipinski definition) is 0. The first-order valence-corrected chi connectivity index (χ1v) is 3.76. The maximum absolute atomic E-state index is 12.9. The Hall–Kier alpha value is -1.78. The fourth-order valence-electron chi connectivity index (χ4n) is 1.08. The molecule has 1 aromatic heterocycles. The zero-order valence-electron chi connectivity index (χ0n) is 7.37. The van der Waals surface area contributed by atoms with Crippen LogP contribution >= 0.6 is 0 Å². The number of pyridine rings is 1. The van der Waals surface area contributed by atoms with E-state index in [0.717, 1.165) is 0 Å². The number of rotatable bonds is 1. The highest BCUT2D eigenvalue weighted by Gasteiger charge is 2.40. The molecule has 0 saturated carbocycles. The molecule has 0 unspecified atom stereocenters. The number of aromatic nitrogens is 1. The normalized spacial score (nSPS) is 11.3. The second kappa shape index (κ2) is 4.00. The molecule has 0 N–H and O–H groups in total. The lowest BCUT2D eigenvalue weighted by atomic mass is 10.1. The van der Waals surface area contributed by atoms with Crippen molar-refractivity contribution in [3.05, 3.63) is 28.8 Å². The third-order valence-electron chi connectivity index (χ3n) is 1.69. The Labute approximate surface area is 85.1 Å². The average molecular weight is 240 g/mol. The summed E-state index contributed by atoms with van der Waals surface area (Å²) >= 11 is 0. The van der Waals surface area contributed by atoms with Gasteiger partial charge in [0, 0.05) is 5.56 Å². The van der Waals surface area contributed by atoms with Crippen molar-refractivity contribution in [3.63, 3.8) is 0 Å². The summed E-state index contributed by atoms with van der Waals surface area (Å²) in [5.41, 5.74) is -3.42. The van der Waals surface area contributed by atoms with Crippen LogP contribution in [0.3, 0.4) is 0 Å². The van der Waals surface area contributed by atoms with E-state index in [-0.39, 0.29) is 0 Å². The Morgan fingerprint density at radius 3 is 2.12 bits per heavy atom. The van der Waals surface area contributed by atoms with Crippen LogP contribution in [0.25, 0.3) is 0 Å². The zero-order chi connectivity index (χ0) is 12.5. The minimum atomic E-state index is -5.24. The summed E-state index contributed by atoms with van der Waals surface area (Å²) in [5.74, 6) is -6.15. The summed E-state index contributed by atoms with van der Waals surface area (Å²) in [5, 5.41) is 8.17. The van der Waals surface area contributed by atoms with E-state index in [0.29, 0.717) is 0 Å². The molecule has 0 aliphatic rings. The van der Waals surface area contributed by atoms with Crippen molar-refractivity contribution in [1.82, 2.24) is 4.98 Å². The summed E-state index contributed by atoms with van der Waals surface area (Å²) in [4.78, 5) is 2.14. The molecule has 2 nitrogen and oxygen atoms in total. The molecule has 0 atom stereocenters. The molecule has 16 heavy (non-hydrogen) atoms. The maximum Gasteiger partial charge on any atom is 0.421 e. The molecule has 0 amide bonds. The van der Waals surface area contributed by atoms with Gasteiger partial charge in [0.1, 0.15) is 5.56 Å². The molecular formula is C8H2F6N2. The molecule has 1 rings (SSSR count). The van der Waals surface area contributed by atoms with Crippen LogP contribution in [0.15, 0.2) is 0 Å². The number of nitrogens with zero attached hydrogens (tertiary/aromatic N) is 2. The minimum absolute atomic E-state index is 1.10. The van der Waals surface area contributed by atoms with Crippen molar-refractivity contribution in [1.29, 1.82) is 5.26 Å². The van der Waals surface area contributed by atoms with E-state index in [1.165, 1.54) is 6.07 Å². The highest BCUT2D eigenvalue weighted by atomic mass is 19.4. The molecule has 0 radical (unpaired) electrons. The minimum Gasteiger partial charge on any atom is -0.202 e. The molecule has 8 heteroatoms. The van der Waals surface area contributed by atoms with Gasteiger partial charge in [-0.05, 0) is 0 Å². The molecule has 1 aromatic rings. The molecule has 0 aliphatic heterocycles. The smallest absolute Gasteiger partial charge is 0.202 e. The quantitative estimate of drug-likeness (QED) is 0.558. The van der Waals surface area contributed by atoms with E-state index >= 15 is 0 Å². The molecule has 0 spiro atoms. The van der Waals surface area contributed by atoms with Crippen molar-refractivity contribution < 1.29 is 26.3 Å². The van der Waals surface area contributed by atoms with Crippen molar-refractivity contribution in [2.45, 2.75) is 12.6 Å². The number of hydrogen-bond acceptors (Lipinski definition) is 2. The average Bonchev–Trinajstić information content (AvgIpc) is 2.11. The molecule has 0 saturated heterocycles. The van der Waals surface area contributed by atoms with Gasteiger partial charge in [0.15, 0.2) is 5.82 Å². The molecule has 0 aliphatic carbocycles. The zero-order valence-corrected chi connectivity index (χ0v) is 7.37. The van der Waals surface area contributed by atoms with Crippen LogP contribution in [0, 0.1) is 29.0 Å². The van der Waals surface area contributed by atoms with Gasteiger partial charge in [0.05, 0.1) is 12.5 Å². The second-order valence-electron chi connectivity index (χ2n) is 2.69. The Morgan fingerprint density at radius 1 is 1.12 bits per heavy atom. The monoisotopic (exact) mass is 240 g/mol. The summed E-state index contributed by atoms with van der Waals surface area (Å²) in [6, 6.07) is 1.19. The lowest BCUT2D eigenvalue weighted by Gasteiger charge is -2.12. The fraction of sp³-hybridized carbons (Fsp3) is 0.250. The first kappa shape index (κ1) is 12.3. The van der Waals surface area contributed by atoms with Gasteiger partial charge in [-0.3, -0.25) is 0 Å². The van der Waals surface area contributed by atoms with Crippen molar-refractivity contribution in [3.8, 4) is 6.07 Å². The van der Waals surface area contributed by atoms with Crippen LogP contribution in [-0.2, 0) is 12.6 Å². The molecule has 86 valence electrons. The molecule has 0 bridgehead atoms. The lowest BCUT2D eigenvalue weighted by molar-refractivity contribution is -0.141. The van der Waals surface area contributed by atoms with E-state index < -0.39 is 41.4 Å². The summed E-state index contributed by atoms with van der Waals surface area (Å²) in [6.45, 7) is 0. The van der Waals surface area contributed by atoms with Crippen LogP contribution in [0.5, 0.6) is 0 Å². The van der Waals surface area contributed by atoms with Gasteiger partial charge in [-0.15, -0.1) is 0 Å². The first-order chi connectivity index (χ1) is 7.29. The molecule has 0 aromatic carbocycles. The van der Waals surface area contributed by atoms with Gasteiger partial charge < -0.3 is 0 Å². The van der Waals surface area contributed by atoms with Crippen LogP contribution < -0.4 is 0 Å². The standard InChI is InChI=1S/C8H2F6N2/c9-5-3(1-2-15)4(8(12,13)14)6(10)16-7(5)11/h1H2. The van der Waals surface area contributed by atoms with Crippen LogP contribution in [0.2, 0.25) is 0 Å². The van der Waals surface area contributed by atoms with Gasteiger partial charge in [-0.1, -0.05) is 0 Å². The van der Waals surface area contributed by atoms with Crippen molar-refractivity contribution >= 4 is 0 Å². The van der Waals surface area contributed by atoms with Gasteiger partial charge in [-0.25, -0.2) is 4.39 Å². The SMILES string of the molecule is N#CCc1c(F)c(F)nc(F)c1C(F)(F)F. The Kier molecular flexibility index (Phi) is 3.07. The second-order valence-corrected chi connectivity index (χ2v) is 2.69.